The van der Waals surface area contributed by atoms with E-state index in [1.54, 1.807) is 4.90 Å². The van der Waals surface area contributed by atoms with Crippen LogP contribution in [-0.4, -0.2) is 35.4 Å². The first-order chi connectivity index (χ1) is 10.1. The molecule has 3 rings (SSSR count). The summed E-state index contributed by atoms with van der Waals surface area (Å²) >= 11 is 3.41. The minimum atomic E-state index is -0.271. The van der Waals surface area contributed by atoms with Crippen molar-refractivity contribution in [1.29, 1.82) is 0 Å². The fourth-order valence-corrected chi connectivity index (χ4v) is 3.27. The van der Waals surface area contributed by atoms with E-state index in [9.17, 15) is 9.59 Å². The highest BCUT2D eigenvalue weighted by Gasteiger charge is 2.27. The molecule has 0 saturated carbocycles. The molecule has 21 heavy (non-hydrogen) atoms. The number of rotatable bonds is 2. The average Bonchev–Trinajstić information content (AvgIpc) is 2.96. The SMILES string of the molecule is NC[C@@H]1CCN(C(=O)c2cc(=O)[nH]c3c(Br)cccc23)C1. The van der Waals surface area contributed by atoms with E-state index in [-0.39, 0.29) is 11.5 Å². The van der Waals surface area contributed by atoms with E-state index in [2.05, 4.69) is 20.9 Å². The molecule has 0 aliphatic carbocycles. The first-order valence-electron chi connectivity index (χ1n) is 6.91. The molecule has 1 aliphatic rings. The number of pyridine rings is 1. The largest absolute Gasteiger partial charge is 0.338 e. The summed E-state index contributed by atoms with van der Waals surface area (Å²) in [5, 5.41) is 0.755. The van der Waals surface area contributed by atoms with Crippen LogP contribution >= 0.6 is 15.9 Å². The number of halogens is 1. The minimum absolute atomic E-state index is 0.0971. The third-order valence-electron chi connectivity index (χ3n) is 3.96. The molecule has 2 aromatic rings. The van der Waals surface area contributed by atoms with E-state index >= 15 is 0 Å². The third kappa shape index (κ3) is 2.61. The van der Waals surface area contributed by atoms with Crippen molar-refractivity contribution in [2.75, 3.05) is 19.6 Å². The van der Waals surface area contributed by atoms with Crippen LogP contribution in [0.5, 0.6) is 0 Å². The summed E-state index contributed by atoms with van der Waals surface area (Å²) in [4.78, 5) is 29.1. The molecule has 1 saturated heterocycles. The number of nitrogens with two attached hydrogens (primary N) is 1. The Hall–Kier alpha value is -1.66. The van der Waals surface area contributed by atoms with Gasteiger partial charge in [0.2, 0.25) is 5.56 Å². The van der Waals surface area contributed by atoms with Gasteiger partial charge in [0.1, 0.15) is 0 Å². The van der Waals surface area contributed by atoms with Gasteiger partial charge in [-0.3, -0.25) is 9.59 Å². The summed E-state index contributed by atoms with van der Waals surface area (Å²) in [5.41, 5.74) is 6.51. The van der Waals surface area contributed by atoms with Gasteiger partial charge in [-0.25, -0.2) is 0 Å². The van der Waals surface area contributed by atoms with Crippen LogP contribution in [0.1, 0.15) is 16.8 Å². The number of carbonyl (C=O) groups is 1. The summed E-state index contributed by atoms with van der Waals surface area (Å²) in [6.45, 7) is 1.95. The molecule has 1 fully saturated rings. The molecule has 2 heterocycles. The maximum atomic E-state index is 12.7. The Bertz CT molecular complexity index is 756. The Morgan fingerprint density at radius 2 is 2.29 bits per heavy atom. The summed E-state index contributed by atoms with van der Waals surface area (Å²) in [6.07, 6.45) is 0.924. The fourth-order valence-electron chi connectivity index (χ4n) is 2.80. The van der Waals surface area contributed by atoms with Crippen LogP contribution in [0.25, 0.3) is 10.9 Å². The number of likely N-dealkylation sites (tertiary alicyclic amines) is 1. The molecular formula is C15H16BrN3O2. The van der Waals surface area contributed by atoms with E-state index in [0.29, 0.717) is 36.6 Å². The predicted octanol–water partition coefficient (Wildman–Crippen LogP) is 1.71. The lowest BCUT2D eigenvalue weighted by molar-refractivity contribution is 0.0789. The van der Waals surface area contributed by atoms with Crippen molar-refractivity contribution in [3.8, 4) is 0 Å². The maximum Gasteiger partial charge on any atom is 0.254 e. The number of hydrogen-bond acceptors (Lipinski definition) is 3. The highest BCUT2D eigenvalue weighted by atomic mass is 79.9. The van der Waals surface area contributed by atoms with Crippen LogP contribution in [0, 0.1) is 5.92 Å². The van der Waals surface area contributed by atoms with Crippen molar-refractivity contribution in [1.82, 2.24) is 9.88 Å². The molecule has 1 aromatic heterocycles. The van der Waals surface area contributed by atoms with Gasteiger partial charge in [-0.15, -0.1) is 0 Å². The van der Waals surface area contributed by atoms with Gasteiger partial charge < -0.3 is 15.6 Å². The molecule has 0 spiro atoms. The second kappa shape index (κ2) is 5.61. The molecule has 5 nitrogen and oxygen atoms in total. The smallest absolute Gasteiger partial charge is 0.254 e. The molecule has 0 radical (unpaired) electrons. The van der Waals surface area contributed by atoms with E-state index < -0.39 is 0 Å². The van der Waals surface area contributed by atoms with E-state index in [1.807, 2.05) is 18.2 Å². The number of amides is 1. The molecule has 1 aliphatic heterocycles. The van der Waals surface area contributed by atoms with Crippen molar-refractivity contribution >= 4 is 32.7 Å². The van der Waals surface area contributed by atoms with Crippen molar-refractivity contribution in [2.45, 2.75) is 6.42 Å². The number of nitrogens with zero attached hydrogens (tertiary/aromatic N) is 1. The van der Waals surface area contributed by atoms with Crippen LogP contribution < -0.4 is 11.3 Å². The molecule has 1 amide bonds. The lowest BCUT2D eigenvalue weighted by atomic mass is 10.1. The second-order valence-electron chi connectivity index (χ2n) is 5.35. The van der Waals surface area contributed by atoms with E-state index in [4.69, 9.17) is 5.73 Å². The van der Waals surface area contributed by atoms with Crippen molar-refractivity contribution in [3.63, 3.8) is 0 Å². The summed E-state index contributed by atoms with van der Waals surface area (Å²) in [5.74, 6) is 0.258. The Kier molecular flexibility index (Phi) is 3.82. The number of carbonyl (C=O) groups excluding carboxylic acids is 1. The van der Waals surface area contributed by atoms with Gasteiger partial charge in [0, 0.05) is 29.0 Å². The lowest BCUT2D eigenvalue weighted by Crippen LogP contribution is -2.30. The maximum absolute atomic E-state index is 12.7. The highest BCUT2D eigenvalue weighted by Crippen LogP contribution is 2.25. The molecule has 3 N–H and O–H groups in total. The second-order valence-corrected chi connectivity index (χ2v) is 6.21. The van der Waals surface area contributed by atoms with Crippen molar-refractivity contribution in [2.24, 2.45) is 11.7 Å². The zero-order chi connectivity index (χ0) is 15.0. The van der Waals surface area contributed by atoms with Crippen molar-refractivity contribution < 1.29 is 4.79 Å². The van der Waals surface area contributed by atoms with Crippen LogP contribution in [0.2, 0.25) is 0 Å². The van der Waals surface area contributed by atoms with Crippen LogP contribution in [0.4, 0.5) is 0 Å². The minimum Gasteiger partial charge on any atom is -0.338 e. The zero-order valence-corrected chi connectivity index (χ0v) is 13.0. The number of benzene rings is 1. The quantitative estimate of drug-likeness (QED) is 0.866. The summed E-state index contributed by atoms with van der Waals surface area (Å²) < 4.78 is 0.771. The van der Waals surface area contributed by atoms with Gasteiger partial charge >= 0.3 is 0 Å². The number of nitrogens with one attached hydrogen (secondary N) is 1. The van der Waals surface area contributed by atoms with Crippen LogP contribution in [-0.2, 0) is 0 Å². The first kappa shape index (κ1) is 14.3. The Balaban J connectivity index is 2.06. The number of aromatic nitrogens is 1. The Morgan fingerprint density at radius 3 is 3.00 bits per heavy atom. The zero-order valence-electron chi connectivity index (χ0n) is 11.4. The molecule has 6 heteroatoms. The number of hydrogen-bond donors (Lipinski definition) is 2. The highest BCUT2D eigenvalue weighted by molar-refractivity contribution is 9.10. The molecule has 1 aromatic carbocycles. The Labute approximate surface area is 130 Å². The fraction of sp³-hybridized carbons (Fsp3) is 0.333. The third-order valence-corrected chi connectivity index (χ3v) is 4.63. The van der Waals surface area contributed by atoms with Gasteiger partial charge in [-0.1, -0.05) is 12.1 Å². The summed E-state index contributed by atoms with van der Waals surface area (Å²) in [7, 11) is 0. The van der Waals surface area contributed by atoms with Crippen LogP contribution in [0.3, 0.4) is 0 Å². The topological polar surface area (TPSA) is 79.2 Å². The van der Waals surface area contributed by atoms with Gasteiger partial charge in [-0.05, 0) is 40.9 Å². The molecule has 1 atom stereocenters. The number of H-pyrrole nitrogens is 1. The Morgan fingerprint density at radius 1 is 1.48 bits per heavy atom. The van der Waals surface area contributed by atoms with Crippen molar-refractivity contribution in [3.05, 3.63) is 44.7 Å². The van der Waals surface area contributed by atoms with Crippen LogP contribution in [0.15, 0.2) is 33.5 Å². The molecular weight excluding hydrogens is 334 g/mol. The normalized spacial score (nSPS) is 18.4. The van der Waals surface area contributed by atoms with E-state index in [0.717, 1.165) is 16.3 Å². The van der Waals surface area contributed by atoms with Gasteiger partial charge in [0.25, 0.3) is 5.91 Å². The number of aromatic amines is 1. The number of fused-ring (bicyclic) bond motifs is 1. The molecule has 0 bridgehead atoms. The average molecular weight is 350 g/mol. The monoisotopic (exact) mass is 349 g/mol. The summed E-state index contributed by atoms with van der Waals surface area (Å²) in [6, 6.07) is 6.92. The molecule has 0 unspecified atom stereocenters. The number of para-hydroxylation sites is 1. The van der Waals surface area contributed by atoms with Gasteiger partial charge in [0.15, 0.2) is 0 Å². The molecule has 110 valence electrons. The standard InChI is InChI=1S/C15H16BrN3O2/c16-12-3-1-2-10-11(6-13(20)18-14(10)12)15(21)19-5-4-9(7-17)8-19/h1-3,6,9H,4-5,7-8,17H2,(H,18,20)/t9-/m0/s1. The predicted molar refractivity (Wildman–Crippen MR) is 85.3 cm³/mol. The van der Waals surface area contributed by atoms with Gasteiger partial charge in [0.05, 0.1) is 11.1 Å². The lowest BCUT2D eigenvalue weighted by Gasteiger charge is -2.17. The van der Waals surface area contributed by atoms with Gasteiger partial charge in [-0.2, -0.15) is 0 Å². The van der Waals surface area contributed by atoms with E-state index in [1.165, 1.54) is 6.07 Å². The first-order valence-corrected chi connectivity index (χ1v) is 7.70.